The molecule has 8 nitrogen and oxygen atoms in total. The van der Waals surface area contributed by atoms with E-state index < -0.39 is 10.8 Å². The lowest BCUT2D eigenvalue weighted by Crippen LogP contribution is -2.36. The smallest absolute Gasteiger partial charge is 0.269 e. The van der Waals surface area contributed by atoms with Crippen molar-refractivity contribution in [2.45, 2.75) is 32.1 Å². The van der Waals surface area contributed by atoms with Gasteiger partial charge in [0.2, 0.25) is 0 Å². The van der Waals surface area contributed by atoms with Gasteiger partial charge < -0.3 is 5.32 Å². The van der Waals surface area contributed by atoms with Crippen molar-refractivity contribution in [3.05, 3.63) is 55.9 Å². The number of nitro groups is 1. The standard InChI is InChI=1S/C19H22N4O4S/c1-22(2)21-18(25)16-14-6-4-3-5-7-15(14)28-19(16)20-17(24)12-8-10-13(11-9-12)23(26)27/h8-11H,3-7H2,1-2H3,(H,20,24)(H,21,25). The number of anilines is 1. The molecule has 3 rings (SSSR count). The van der Waals surface area contributed by atoms with Crippen LogP contribution in [0.4, 0.5) is 10.7 Å². The summed E-state index contributed by atoms with van der Waals surface area (Å²) in [7, 11) is 3.47. The summed E-state index contributed by atoms with van der Waals surface area (Å²) in [6, 6.07) is 5.40. The Morgan fingerprint density at radius 3 is 2.39 bits per heavy atom. The van der Waals surface area contributed by atoms with Crippen molar-refractivity contribution in [2.24, 2.45) is 0 Å². The Morgan fingerprint density at radius 2 is 1.75 bits per heavy atom. The minimum absolute atomic E-state index is 0.0783. The first-order valence-electron chi connectivity index (χ1n) is 9.05. The molecule has 0 bridgehead atoms. The van der Waals surface area contributed by atoms with Gasteiger partial charge in [0, 0.05) is 36.7 Å². The van der Waals surface area contributed by atoms with Crippen LogP contribution in [0.2, 0.25) is 0 Å². The number of fused-ring (bicyclic) bond motifs is 1. The van der Waals surface area contributed by atoms with Crippen molar-refractivity contribution in [1.29, 1.82) is 0 Å². The number of non-ortho nitro benzene ring substituents is 1. The Hall–Kier alpha value is -2.78. The van der Waals surface area contributed by atoms with Crippen LogP contribution in [-0.4, -0.2) is 35.8 Å². The van der Waals surface area contributed by atoms with Gasteiger partial charge in [-0.25, -0.2) is 5.01 Å². The van der Waals surface area contributed by atoms with Gasteiger partial charge in [0.25, 0.3) is 17.5 Å². The Bertz CT molecular complexity index is 905. The molecule has 0 radical (unpaired) electrons. The van der Waals surface area contributed by atoms with Crippen molar-refractivity contribution in [2.75, 3.05) is 19.4 Å². The third kappa shape index (κ3) is 4.37. The average molecular weight is 402 g/mol. The van der Waals surface area contributed by atoms with Crippen LogP contribution in [0.1, 0.15) is 50.4 Å². The zero-order valence-electron chi connectivity index (χ0n) is 15.8. The van der Waals surface area contributed by atoms with E-state index in [1.165, 1.54) is 35.6 Å². The van der Waals surface area contributed by atoms with Crippen LogP contribution in [0.3, 0.4) is 0 Å². The lowest BCUT2D eigenvalue weighted by molar-refractivity contribution is -0.384. The Labute approximate surface area is 166 Å². The van der Waals surface area contributed by atoms with E-state index in [4.69, 9.17) is 0 Å². The average Bonchev–Trinajstić information content (AvgIpc) is 2.81. The fourth-order valence-corrected chi connectivity index (χ4v) is 4.52. The Balaban J connectivity index is 1.90. The number of nitrogens with one attached hydrogen (secondary N) is 2. The molecule has 1 aliphatic rings. The third-order valence-electron chi connectivity index (χ3n) is 4.54. The minimum atomic E-state index is -0.512. The first-order chi connectivity index (χ1) is 13.4. The van der Waals surface area contributed by atoms with E-state index in [9.17, 15) is 19.7 Å². The fourth-order valence-electron chi connectivity index (χ4n) is 3.24. The highest BCUT2D eigenvalue weighted by Gasteiger charge is 2.26. The summed E-state index contributed by atoms with van der Waals surface area (Å²) in [6.45, 7) is 0. The maximum Gasteiger partial charge on any atom is 0.269 e. The van der Waals surface area contributed by atoms with E-state index in [0.717, 1.165) is 42.5 Å². The first kappa shape index (κ1) is 20.0. The monoisotopic (exact) mass is 402 g/mol. The zero-order chi connectivity index (χ0) is 20.3. The number of amides is 2. The molecule has 9 heteroatoms. The van der Waals surface area contributed by atoms with Gasteiger partial charge in [0.05, 0.1) is 10.5 Å². The normalized spacial score (nSPS) is 13.5. The van der Waals surface area contributed by atoms with Gasteiger partial charge in [0.15, 0.2) is 0 Å². The van der Waals surface area contributed by atoms with E-state index >= 15 is 0 Å². The molecule has 2 aromatic rings. The molecule has 0 saturated heterocycles. The number of benzene rings is 1. The van der Waals surface area contributed by atoms with Gasteiger partial charge in [0.1, 0.15) is 5.00 Å². The van der Waals surface area contributed by atoms with Crippen LogP contribution in [-0.2, 0) is 12.8 Å². The molecule has 0 saturated carbocycles. The Kier molecular flexibility index (Phi) is 6.05. The van der Waals surface area contributed by atoms with Crippen molar-refractivity contribution >= 4 is 33.8 Å². The summed E-state index contributed by atoms with van der Waals surface area (Å²) in [6.07, 6.45) is 4.92. The van der Waals surface area contributed by atoms with Crippen molar-refractivity contribution in [3.8, 4) is 0 Å². The SMILES string of the molecule is CN(C)NC(=O)c1c(NC(=O)c2ccc([N+](=O)[O-])cc2)sc2c1CCCCC2. The maximum atomic E-state index is 12.8. The van der Waals surface area contributed by atoms with Crippen molar-refractivity contribution in [3.63, 3.8) is 0 Å². The first-order valence-corrected chi connectivity index (χ1v) is 9.87. The molecular weight excluding hydrogens is 380 g/mol. The number of carbonyl (C=O) groups is 2. The summed E-state index contributed by atoms with van der Waals surface area (Å²) in [5.74, 6) is -0.645. The largest absolute Gasteiger partial charge is 0.313 e. The predicted octanol–water partition coefficient (Wildman–Crippen LogP) is 3.38. The van der Waals surface area contributed by atoms with Crippen LogP contribution in [0.15, 0.2) is 24.3 Å². The van der Waals surface area contributed by atoms with Crippen molar-refractivity contribution in [1.82, 2.24) is 10.4 Å². The number of carbonyl (C=O) groups excluding carboxylic acids is 2. The molecular formula is C19H22N4O4S. The number of hydrogen-bond donors (Lipinski definition) is 2. The number of nitrogens with zero attached hydrogens (tertiary/aromatic N) is 2. The second-order valence-corrected chi connectivity index (χ2v) is 7.97. The van der Waals surface area contributed by atoms with E-state index in [1.54, 1.807) is 19.1 Å². The predicted molar refractivity (Wildman–Crippen MR) is 108 cm³/mol. The molecule has 1 aromatic heterocycles. The van der Waals surface area contributed by atoms with E-state index in [2.05, 4.69) is 10.7 Å². The maximum absolute atomic E-state index is 12.8. The summed E-state index contributed by atoms with van der Waals surface area (Å²) in [5.41, 5.74) is 4.52. The molecule has 28 heavy (non-hydrogen) atoms. The second-order valence-electron chi connectivity index (χ2n) is 6.86. The molecule has 148 valence electrons. The molecule has 2 amide bonds. The van der Waals surface area contributed by atoms with Crippen LogP contribution in [0.5, 0.6) is 0 Å². The van der Waals surface area contributed by atoms with Gasteiger partial charge in [-0.15, -0.1) is 11.3 Å². The molecule has 0 unspecified atom stereocenters. The Morgan fingerprint density at radius 1 is 1.07 bits per heavy atom. The van der Waals surface area contributed by atoms with Crippen LogP contribution in [0.25, 0.3) is 0 Å². The lowest BCUT2D eigenvalue weighted by Gasteiger charge is -2.14. The number of nitro benzene ring substituents is 1. The van der Waals surface area contributed by atoms with Crippen LogP contribution < -0.4 is 10.7 Å². The van der Waals surface area contributed by atoms with Gasteiger partial charge in [-0.2, -0.15) is 0 Å². The molecule has 1 aliphatic carbocycles. The summed E-state index contributed by atoms with van der Waals surface area (Å²) >= 11 is 1.44. The van der Waals surface area contributed by atoms with Crippen molar-refractivity contribution < 1.29 is 14.5 Å². The quantitative estimate of drug-likeness (QED) is 0.453. The van der Waals surface area contributed by atoms with E-state index in [1.807, 2.05) is 0 Å². The highest BCUT2D eigenvalue weighted by molar-refractivity contribution is 7.17. The van der Waals surface area contributed by atoms with Crippen LogP contribution >= 0.6 is 11.3 Å². The molecule has 0 aliphatic heterocycles. The lowest BCUT2D eigenvalue weighted by atomic mass is 10.0. The van der Waals surface area contributed by atoms with Crippen LogP contribution in [0, 0.1) is 10.1 Å². The second kappa shape index (κ2) is 8.49. The number of rotatable bonds is 5. The summed E-state index contributed by atoms with van der Waals surface area (Å²) < 4.78 is 0. The van der Waals surface area contributed by atoms with E-state index in [-0.39, 0.29) is 11.6 Å². The van der Waals surface area contributed by atoms with Gasteiger partial charge in [-0.1, -0.05) is 6.42 Å². The minimum Gasteiger partial charge on any atom is -0.313 e. The van der Waals surface area contributed by atoms with Gasteiger partial charge in [-0.05, 0) is 43.4 Å². The highest BCUT2D eigenvalue weighted by atomic mass is 32.1. The van der Waals surface area contributed by atoms with Gasteiger partial charge >= 0.3 is 0 Å². The molecule has 0 spiro atoms. The summed E-state index contributed by atoms with van der Waals surface area (Å²) in [5, 5.41) is 15.7. The topological polar surface area (TPSA) is 105 Å². The molecule has 1 heterocycles. The van der Waals surface area contributed by atoms with Gasteiger partial charge in [-0.3, -0.25) is 25.1 Å². The number of thiophene rings is 1. The molecule has 1 aromatic carbocycles. The molecule has 2 N–H and O–H groups in total. The zero-order valence-corrected chi connectivity index (χ0v) is 16.6. The summed E-state index contributed by atoms with van der Waals surface area (Å²) in [4.78, 5) is 36.8. The third-order valence-corrected chi connectivity index (χ3v) is 5.75. The molecule has 0 fully saturated rings. The fraction of sp³-hybridized carbons (Fsp3) is 0.368. The van der Waals surface area contributed by atoms with E-state index in [0.29, 0.717) is 16.1 Å². The number of hydrazine groups is 1. The molecule has 0 atom stereocenters. The number of aryl methyl sites for hydroxylation is 1. The highest BCUT2D eigenvalue weighted by Crippen LogP contribution is 2.37. The number of hydrogen-bond acceptors (Lipinski definition) is 6.